The van der Waals surface area contributed by atoms with Crippen LogP contribution in [-0.2, 0) is 10.2 Å². The van der Waals surface area contributed by atoms with E-state index in [2.05, 4.69) is 26.1 Å². The van der Waals surface area contributed by atoms with Crippen LogP contribution in [0.2, 0.25) is 0 Å². The fraction of sp³-hybridized carbons (Fsp3) is 0.316. The summed E-state index contributed by atoms with van der Waals surface area (Å²) in [5.41, 5.74) is 1.68. The van der Waals surface area contributed by atoms with Crippen molar-refractivity contribution in [1.29, 1.82) is 0 Å². The summed E-state index contributed by atoms with van der Waals surface area (Å²) in [6.45, 7) is 8.07. The van der Waals surface area contributed by atoms with Gasteiger partial charge in [0.15, 0.2) is 6.10 Å². The summed E-state index contributed by atoms with van der Waals surface area (Å²) in [6, 6.07) is 13.5. The van der Waals surface area contributed by atoms with Crippen molar-refractivity contribution in [2.75, 3.05) is 5.32 Å². The SMILES string of the molecule is CC(Oc1ccc(C(C)(C)C)cc1)C(=O)Nc1cccc(F)c1. The first-order valence-electron chi connectivity index (χ1n) is 7.59. The van der Waals surface area contributed by atoms with Crippen LogP contribution in [-0.4, -0.2) is 12.0 Å². The van der Waals surface area contributed by atoms with Gasteiger partial charge in [0.25, 0.3) is 5.91 Å². The summed E-state index contributed by atoms with van der Waals surface area (Å²) in [5, 5.41) is 2.63. The first kappa shape index (κ1) is 17.0. The summed E-state index contributed by atoms with van der Waals surface area (Å²) in [4.78, 5) is 12.1. The van der Waals surface area contributed by atoms with Crippen LogP contribution in [0.5, 0.6) is 5.75 Å². The molecule has 0 aromatic heterocycles. The van der Waals surface area contributed by atoms with E-state index in [1.165, 1.54) is 17.7 Å². The predicted molar refractivity (Wildman–Crippen MR) is 90.3 cm³/mol. The van der Waals surface area contributed by atoms with E-state index in [0.717, 1.165) is 0 Å². The number of hydrogen-bond donors (Lipinski definition) is 1. The maximum Gasteiger partial charge on any atom is 0.265 e. The average Bonchev–Trinajstić information content (AvgIpc) is 2.46. The Bertz CT molecular complexity index is 675. The molecule has 0 radical (unpaired) electrons. The van der Waals surface area contributed by atoms with Crippen LogP contribution in [0, 0.1) is 5.82 Å². The van der Waals surface area contributed by atoms with Crippen molar-refractivity contribution >= 4 is 11.6 Å². The number of amides is 1. The van der Waals surface area contributed by atoms with Gasteiger partial charge in [-0.25, -0.2) is 4.39 Å². The Labute approximate surface area is 136 Å². The van der Waals surface area contributed by atoms with Gasteiger partial charge >= 0.3 is 0 Å². The quantitative estimate of drug-likeness (QED) is 0.900. The molecule has 0 fully saturated rings. The summed E-state index contributed by atoms with van der Waals surface area (Å²) in [6.07, 6.45) is -0.682. The first-order chi connectivity index (χ1) is 10.8. The summed E-state index contributed by atoms with van der Waals surface area (Å²) in [7, 11) is 0. The van der Waals surface area contributed by atoms with Crippen molar-refractivity contribution in [3.63, 3.8) is 0 Å². The van der Waals surface area contributed by atoms with Crippen LogP contribution in [0.3, 0.4) is 0 Å². The molecule has 0 spiro atoms. The van der Waals surface area contributed by atoms with Crippen molar-refractivity contribution in [3.05, 3.63) is 59.9 Å². The number of ether oxygens (including phenoxy) is 1. The lowest BCUT2D eigenvalue weighted by molar-refractivity contribution is -0.122. The van der Waals surface area contributed by atoms with Crippen molar-refractivity contribution in [2.24, 2.45) is 0 Å². The fourth-order valence-electron chi connectivity index (χ4n) is 2.10. The second-order valence-electron chi connectivity index (χ2n) is 6.53. The van der Waals surface area contributed by atoms with E-state index >= 15 is 0 Å². The highest BCUT2D eigenvalue weighted by molar-refractivity contribution is 5.94. The van der Waals surface area contributed by atoms with Crippen molar-refractivity contribution < 1.29 is 13.9 Å². The van der Waals surface area contributed by atoms with E-state index in [-0.39, 0.29) is 11.3 Å². The van der Waals surface area contributed by atoms with Crippen molar-refractivity contribution in [3.8, 4) is 5.75 Å². The Kier molecular flexibility index (Phi) is 5.04. The minimum atomic E-state index is -0.682. The second-order valence-corrected chi connectivity index (χ2v) is 6.53. The molecule has 2 aromatic carbocycles. The number of anilines is 1. The summed E-state index contributed by atoms with van der Waals surface area (Å²) < 4.78 is 18.8. The molecule has 122 valence electrons. The second kappa shape index (κ2) is 6.82. The van der Waals surface area contributed by atoms with E-state index in [4.69, 9.17) is 4.74 Å². The minimum Gasteiger partial charge on any atom is -0.481 e. The maximum absolute atomic E-state index is 13.1. The number of benzene rings is 2. The Balaban J connectivity index is 1.98. The molecule has 23 heavy (non-hydrogen) atoms. The Hall–Kier alpha value is -2.36. The first-order valence-corrected chi connectivity index (χ1v) is 7.59. The van der Waals surface area contributed by atoms with Gasteiger partial charge in [0, 0.05) is 5.69 Å². The van der Waals surface area contributed by atoms with Gasteiger partial charge in [0.1, 0.15) is 11.6 Å². The van der Waals surface area contributed by atoms with Gasteiger partial charge in [-0.3, -0.25) is 4.79 Å². The number of nitrogens with one attached hydrogen (secondary N) is 1. The molecule has 0 bridgehead atoms. The van der Waals surface area contributed by atoms with Crippen LogP contribution < -0.4 is 10.1 Å². The number of halogens is 1. The van der Waals surface area contributed by atoms with Crippen LogP contribution in [0.1, 0.15) is 33.3 Å². The van der Waals surface area contributed by atoms with Crippen LogP contribution in [0.15, 0.2) is 48.5 Å². The molecule has 3 nitrogen and oxygen atoms in total. The van der Waals surface area contributed by atoms with Gasteiger partial charge in [0.2, 0.25) is 0 Å². The normalized spacial score (nSPS) is 12.6. The van der Waals surface area contributed by atoms with Crippen LogP contribution in [0.25, 0.3) is 0 Å². The highest BCUT2D eigenvalue weighted by Crippen LogP contribution is 2.24. The number of hydrogen-bond acceptors (Lipinski definition) is 2. The third kappa shape index (κ3) is 4.81. The van der Waals surface area contributed by atoms with Gasteiger partial charge in [-0.15, -0.1) is 0 Å². The molecule has 2 aromatic rings. The van der Waals surface area contributed by atoms with Gasteiger partial charge in [-0.1, -0.05) is 39.0 Å². The largest absolute Gasteiger partial charge is 0.481 e. The lowest BCUT2D eigenvalue weighted by Crippen LogP contribution is -2.30. The minimum absolute atomic E-state index is 0.0684. The molecule has 4 heteroatoms. The molecule has 0 heterocycles. The van der Waals surface area contributed by atoms with Gasteiger partial charge < -0.3 is 10.1 Å². The lowest BCUT2D eigenvalue weighted by Gasteiger charge is -2.20. The topological polar surface area (TPSA) is 38.3 Å². The Morgan fingerprint density at radius 1 is 1.13 bits per heavy atom. The Morgan fingerprint density at radius 2 is 1.78 bits per heavy atom. The third-order valence-electron chi connectivity index (χ3n) is 3.49. The van der Waals surface area contributed by atoms with Crippen LogP contribution >= 0.6 is 0 Å². The summed E-state index contributed by atoms with van der Waals surface area (Å²) >= 11 is 0. The zero-order valence-corrected chi connectivity index (χ0v) is 13.9. The molecule has 1 amide bonds. The zero-order chi connectivity index (χ0) is 17.0. The van der Waals surface area contributed by atoms with E-state index in [1.54, 1.807) is 19.1 Å². The third-order valence-corrected chi connectivity index (χ3v) is 3.49. The highest BCUT2D eigenvalue weighted by atomic mass is 19.1. The maximum atomic E-state index is 13.1. The molecule has 1 atom stereocenters. The molecule has 1 N–H and O–H groups in total. The smallest absolute Gasteiger partial charge is 0.265 e. The van der Waals surface area contributed by atoms with Gasteiger partial charge in [-0.2, -0.15) is 0 Å². The molecular weight excluding hydrogens is 293 g/mol. The summed E-state index contributed by atoms with van der Waals surface area (Å²) in [5.74, 6) is -0.0930. The van der Waals surface area contributed by atoms with Crippen molar-refractivity contribution in [1.82, 2.24) is 0 Å². The molecule has 0 saturated heterocycles. The monoisotopic (exact) mass is 315 g/mol. The average molecular weight is 315 g/mol. The molecule has 0 saturated carbocycles. The molecule has 0 aliphatic rings. The van der Waals surface area contributed by atoms with Gasteiger partial charge in [0.05, 0.1) is 0 Å². The Morgan fingerprint density at radius 3 is 2.35 bits per heavy atom. The number of rotatable bonds is 4. The molecule has 0 aliphatic heterocycles. The van der Waals surface area contributed by atoms with E-state index in [0.29, 0.717) is 11.4 Å². The molecular formula is C19H22FNO2. The molecule has 1 unspecified atom stereocenters. The van der Waals surface area contributed by atoms with Crippen LogP contribution in [0.4, 0.5) is 10.1 Å². The predicted octanol–water partition coefficient (Wildman–Crippen LogP) is 4.53. The fourth-order valence-corrected chi connectivity index (χ4v) is 2.10. The highest BCUT2D eigenvalue weighted by Gasteiger charge is 2.17. The lowest BCUT2D eigenvalue weighted by atomic mass is 9.87. The van der Waals surface area contributed by atoms with E-state index in [9.17, 15) is 9.18 Å². The number of carbonyl (C=O) groups excluding carboxylic acids is 1. The molecule has 2 rings (SSSR count). The zero-order valence-electron chi connectivity index (χ0n) is 13.9. The number of carbonyl (C=O) groups is 1. The van der Waals surface area contributed by atoms with Gasteiger partial charge in [-0.05, 0) is 48.2 Å². The molecule has 0 aliphatic carbocycles. The standard InChI is InChI=1S/C19H22FNO2/c1-13(18(22)21-16-7-5-6-15(20)12-16)23-17-10-8-14(9-11-17)19(2,3)4/h5-13H,1-4H3,(H,21,22). The van der Waals surface area contributed by atoms with E-state index in [1.807, 2.05) is 24.3 Å². The van der Waals surface area contributed by atoms with E-state index < -0.39 is 11.9 Å². The van der Waals surface area contributed by atoms with Crippen molar-refractivity contribution in [2.45, 2.75) is 39.2 Å².